The molecule has 0 fully saturated rings. The second-order valence-corrected chi connectivity index (χ2v) is 14.5. The fourth-order valence-corrected chi connectivity index (χ4v) is 6.00. The molecule has 0 radical (unpaired) electrons. The summed E-state index contributed by atoms with van der Waals surface area (Å²) in [6, 6.07) is 0. The van der Waals surface area contributed by atoms with Gasteiger partial charge in [0.25, 0.3) is 0 Å². The molecule has 1 unspecified atom stereocenters. The van der Waals surface area contributed by atoms with E-state index in [0.717, 1.165) is 30.2 Å². The van der Waals surface area contributed by atoms with Gasteiger partial charge in [-0.1, -0.05) is 122 Å². The molecule has 0 spiro atoms. The Balaban J connectivity index is 3.48. The van der Waals surface area contributed by atoms with E-state index in [2.05, 4.69) is 40.9 Å². The van der Waals surface area contributed by atoms with Crippen LogP contribution in [0.1, 0.15) is 135 Å². The molecule has 210 valence electrons. The first-order valence-electron chi connectivity index (χ1n) is 15.1. The van der Waals surface area contributed by atoms with Crippen molar-refractivity contribution in [1.82, 2.24) is 0 Å². The Morgan fingerprint density at radius 2 is 1.06 bits per heavy atom. The zero-order valence-electron chi connectivity index (χ0n) is 24.9. The summed E-state index contributed by atoms with van der Waals surface area (Å²) in [6.45, 7) is 8.34. The highest BCUT2D eigenvalue weighted by Gasteiger charge is 2.16. The average Bonchev–Trinajstić information content (AvgIpc) is 2.80. The first-order valence-corrected chi connectivity index (χ1v) is 17.1. The predicted octanol–water partition coefficient (Wildman–Crippen LogP) is 10.0. The quantitative estimate of drug-likeness (QED) is 0.0470. The SMILES string of the molecule is C=C(CCCCCCCCCCCCCCCCC)CCCCCP(=C)(OC)OCC[N+](C)(C)C. The number of allylic oxidation sites excluding steroid dienone is 1. The molecular weight excluding hydrogens is 449 g/mol. The highest BCUT2D eigenvalue weighted by atomic mass is 31.2. The molecule has 0 saturated heterocycles. The van der Waals surface area contributed by atoms with Gasteiger partial charge in [-0.25, -0.2) is 0 Å². The van der Waals surface area contributed by atoms with Crippen molar-refractivity contribution in [3.8, 4) is 0 Å². The van der Waals surface area contributed by atoms with E-state index in [9.17, 15) is 0 Å². The maximum absolute atomic E-state index is 6.06. The lowest BCUT2D eigenvalue weighted by Crippen LogP contribution is -2.37. The van der Waals surface area contributed by atoms with E-state index < -0.39 is 7.34 Å². The molecule has 0 aromatic rings. The van der Waals surface area contributed by atoms with Gasteiger partial charge in [0.15, 0.2) is 0 Å². The molecule has 0 amide bonds. The Kier molecular flexibility index (Phi) is 23.0. The summed E-state index contributed by atoms with van der Waals surface area (Å²) in [4.78, 5) is 0. The fourth-order valence-electron chi connectivity index (χ4n) is 4.47. The molecule has 0 aliphatic rings. The zero-order chi connectivity index (χ0) is 26.3. The van der Waals surface area contributed by atoms with E-state index in [1.165, 1.54) is 128 Å². The minimum Gasteiger partial charge on any atom is -0.341 e. The highest BCUT2D eigenvalue weighted by molar-refractivity contribution is 7.64. The predicted molar refractivity (Wildman–Crippen MR) is 162 cm³/mol. The maximum atomic E-state index is 6.06. The average molecular weight is 515 g/mol. The molecule has 1 atom stereocenters. The number of hydrogen-bond donors (Lipinski definition) is 0. The summed E-state index contributed by atoms with van der Waals surface area (Å²) in [6.07, 6.45) is 32.7. The zero-order valence-corrected chi connectivity index (χ0v) is 25.8. The van der Waals surface area contributed by atoms with Crippen LogP contribution in [0.4, 0.5) is 0 Å². The van der Waals surface area contributed by atoms with Gasteiger partial charge in [-0.15, -0.1) is 0 Å². The molecule has 0 aromatic carbocycles. The van der Waals surface area contributed by atoms with Crippen molar-refractivity contribution >= 4 is 13.6 Å². The summed E-state index contributed by atoms with van der Waals surface area (Å²) in [5.74, 6) is 0. The molecule has 0 saturated carbocycles. The van der Waals surface area contributed by atoms with Crippen molar-refractivity contribution in [2.45, 2.75) is 135 Å². The van der Waals surface area contributed by atoms with E-state index >= 15 is 0 Å². The lowest BCUT2D eigenvalue weighted by molar-refractivity contribution is -0.870. The van der Waals surface area contributed by atoms with Crippen molar-refractivity contribution in [3.05, 3.63) is 12.2 Å². The van der Waals surface area contributed by atoms with Gasteiger partial charge >= 0.3 is 0 Å². The number of nitrogens with zero attached hydrogens (tertiary/aromatic N) is 1. The van der Waals surface area contributed by atoms with Crippen molar-refractivity contribution < 1.29 is 13.5 Å². The summed E-state index contributed by atoms with van der Waals surface area (Å²) in [5, 5.41) is 0. The van der Waals surface area contributed by atoms with Crippen molar-refractivity contribution in [2.75, 3.05) is 47.6 Å². The number of quaternary nitrogens is 1. The second kappa shape index (κ2) is 23.1. The Hall–Kier alpha value is -0.0800. The smallest absolute Gasteiger partial charge is 0.117 e. The Bertz CT molecular complexity index is 527. The second-order valence-electron chi connectivity index (χ2n) is 11.8. The molecule has 0 aromatic heterocycles. The Labute approximate surface area is 222 Å². The molecule has 3 nitrogen and oxygen atoms in total. The van der Waals surface area contributed by atoms with Crippen LogP contribution in [0, 0.1) is 0 Å². The highest BCUT2D eigenvalue weighted by Crippen LogP contribution is 2.47. The van der Waals surface area contributed by atoms with Gasteiger partial charge in [0, 0.05) is 13.3 Å². The monoisotopic (exact) mass is 514 g/mol. The van der Waals surface area contributed by atoms with Crippen LogP contribution in [0.5, 0.6) is 0 Å². The van der Waals surface area contributed by atoms with Crippen molar-refractivity contribution in [1.29, 1.82) is 0 Å². The van der Waals surface area contributed by atoms with Crippen molar-refractivity contribution in [2.24, 2.45) is 0 Å². The molecule has 4 heteroatoms. The molecule has 35 heavy (non-hydrogen) atoms. The van der Waals surface area contributed by atoms with Crippen LogP contribution >= 0.6 is 7.34 Å². The molecule has 0 rings (SSSR count). The topological polar surface area (TPSA) is 18.5 Å². The molecule has 0 heterocycles. The lowest BCUT2D eigenvalue weighted by Gasteiger charge is -2.27. The third-order valence-electron chi connectivity index (χ3n) is 7.08. The summed E-state index contributed by atoms with van der Waals surface area (Å²) in [5.41, 5.74) is 1.45. The lowest BCUT2D eigenvalue weighted by atomic mass is 10.0. The minimum absolute atomic E-state index is 0.727. The van der Waals surface area contributed by atoms with E-state index in [-0.39, 0.29) is 0 Å². The van der Waals surface area contributed by atoms with E-state index in [4.69, 9.17) is 9.05 Å². The van der Waals surface area contributed by atoms with Crippen LogP contribution in [0.25, 0.3) is 0 Å². The van der Waals surface area contributed by atoms with Gasteiger partial charge in [-0.2, -0.15) is 0 Å². The molecule has 0 aliphatic heterocycles. The van der Waals surface area contributed by atoms with E-state index in [1.54, 1.807) is 7.11 Å². The summed E-state index contributed by atoms with van der Waals surface area (Å²) >= 11 is 0. The minimum atomic E-state index is -1.93. The molecule has 0 aliphatic carbocycles. The van der Waals surface area contributed by atoms with Crippen LogP contribution in [0.2, 0.25) is 0 Å². The standard InChI is InChI=1S/C31H65NO2P/c1-8-9-10-11-12-13-14-15-16-17-18-19-20-21-23-26-31(2)27-24-22-25-30-35(7,33-6)34-29-28-32(3,4)5/h2,7-30H2,1,3-6H3/q+1. The van der Waals surface area contributed by atoms with E-state index in [1.807, 2.05) is 0 Å². The van der Waals surface area contributed by atoms with Crippen LogP contribution in [0.3, 0.4) is 0 Å². The van der Waals surface area contributed by atoms with E-state index in [0.29, 0.717) is 0 Å². The number of unbranched alkanes of at least 4 members (excludes halogenated alkanes) is 16. The summed E-state index contributed by atoms with van der Waals surface area (Å²) < 4.78 is 12.6. The third kappa shape index (κ3) is 25.4. The fraction of sp³-hybridized carbons (Fsp3) is 0.903. The van der Waals surface area contributed by atoms with Gasteiger partial charge in [0.1, 0.15) is 20.5 Å². The van der Waals surface area contributed by atoms with Crippen LogP contribution in [0.15, 0.2) is 12.2 Å². The van der Waals surface area contributed by atoms with Gasteiger partial charge in [0.05, 0.1) is 21.1 Å². The molecular formula is C31H65NO2P+. The first-order chi connectivity index (χ1) is 16.7. The van der Waals surface area contributed by atoms with Crippen LogP contribution in [-0.2, 0) is 9.05 Å². The number of likely N-dealkylation sites (N-methyl/N-ethyl adjacent to an activating group) is 1. The van der Waals surface area contributed by atoms with Gasteiger partial charge in [-0.05, 0) is 32.1 Å². The number of rotatable bonds is 27. The van der Waals surface area contributed by atoms with Gasteiger partial charge < -0.3 is 13.5 Å². The molecule has 0 N–H and O–H groups in total. The van der Waals surface area contributed by atoms with Gasteiger partial charge in [-0.3, -0.25) is 0 Å². The van der Waals surface area contributed by atoms with Crippen molar-refractivity contribution in [3.63, 3.8) is 0 Å². The van der Waals surface area contributed by atoms with Crippen LogP contribution < -0.4 is 0 Å². The largest absolute Gasteiger partial charge is 0.341 e. The third-order valence-corrected chi connectivity index (χ3v) is 9.40. The Morgan fingerprint density at radius 3 is 1.46 bits per heavy atom. The van der Waals surface area contributed by atoms with Crippen LogP contribution in [-0.4, -0.2) is 58.3 Å². The Morgan fingerprint density at radius 1 is 0.657 bits per heavy atom. The maximum Gasteiger partial charge on any atom is 0.117 e. The summed E-state index contributed by atoms with van der Waals surface area (Å²) in [7, 11) is 6.39. The first kappa shape index (κ1) is 34.9. The normalized spacial score (nSPS) is 13.7. The molecule has 0 bridgehead atoms. The van der Waals surface area contributed by atoms with Gasteiger partial charge in [0.2, 0.25) is 0 Å². The number of hydrogen-bond acceptors (Lipinski definition) is 2.